The van der Waals surface area contributed by atoms with Crippen LogP contribution in [0.15, 0.2) is 18.2 Å². The molecule has 0 amide bonds. The van der Waals surface area contributed by atoms with Crippen LogP contribution < -0.4 is 0 Å². The highest BCUT2D eigenvalue weighted by molar-refractivity contribution is 5.35. The first kappa shape index (κ1) is 12.6. The molecule has 0 fully saturated rings. The minimum atomic E-state index is 0.312. The molecule has 0 spiro atoms. The van der Waals surface area contributed by atoms with E-state index in [4.69, 9.17) is 5.11 Å². The number of hydrogen-bond acceptors (Lipinski definition) is 2. The highest BCUT2D eigenvalue weighted by Gasteiger charge is 2.11. The van der Waals surface area contributed by atoms with Crippen LogP contribution in [0.1, 0.15) is 36.0 Å². The Morgan fingerprint density at radius 2 is 2.00 bits per heavy atom. The highest BCUT2D eigenvalue weighted by Crippen LogP contribution is 2.23. The SMILES string of the molecule is CN(CCCCO)Cc1ccc2c(c1)CCC2. The van der Waals surface area contributed by atoms with E-state index >= 15 is 0 Å². The molecular formula is C15H23NO. The number of fused-ring (bicyclic) bond motifs is 1. The molecule has 0 radical (unpaired) electrons. The van der Waals surface area contributed by atoms with E-state index in [-0.39, 0.29) is 0 Å². The Labute approximate surface area is 104 Å². The monoisotopic (exact) mass is 233 g/mol. The summed E-state index contributed by atoms with van der Waals surface area (Å²) in [6.45, 7) is 2.41. The van der Waals surface area contributed by atoms with E-state index in [9.17, 15) is 0 Å². The van der Waals surface area contributed by atoms with Crippen molar-refractivity contribution in [3.8, 4) is 0 Å². The zero-order valence-electron chi connectivity index (χ0n) is 10.8. The largest absolute Gasteiger partial charge is 0.396 e. The van der Waals surface area contributed by atoms with Gasteiger partial charge in [0.05, 0.1) is 0 Å². The summed E-state index contributed by atoms with van der Waals surface area (Å²) >= 11 is 0. The van der Waals surface area contributed by atoms with Crippen LogP contribution in [-0.4, -0.2) is 30.2 Å². The average Bonchev–Trinajstić information content (AvgIpc) is 2.76. The van der Waals surface area contributed by atoms with E-state index in [1.807, 2.05) is 0 Å². The molecule has 0 aromatic heterocycles. The van der Waals surface area contributed by atoms with E-state index in [0.717, 1.165) is 25.9 Å². The molecule has 0 atom stereocenters. The first-order valence-corrected chi connectivity index (χ1v) is 6.69. The van der Waals surface area contributed by atoms with Crippen molar-refractivity contribution in [3.63, 3.8) is 0 Å². The topological polar surface area (TPSA) is 23.5 Å². The van der Waals surface area contributed by atoms with E-state index in [2.05, 4.69) is 30.1 Å². The number of aliphatic hydroxyl groups excluding tert-OH is 1. The summed E-state index contributed by atoms with van der Waals surface area (Å²) in [6.07, 6.45) is 5.84. The number of rotatable bonds is 6. The molecule has 0 aliphatic heterocycles. The van der Waals surface area contributed by atoms with Gasteiger partial charge in [0.2, 0.25) is 0 Å². The number of benzene rings is 1. The van der Waals surface area contributed by atoms with Crippen LogP contribution in [0.2, 0.25) is 0 Å². The lowest BCUT2D eigenvalue weighted by atomic mass is 10.1. The van der Waals surface area contributed by atoms with Crippen LogP contribution in [0.3, 0.4) is 0 Å². The smallest absolute Gasteiger partial charge is 0.0431 e. The lowest BCUT2D eigenvalue weighted by molar-refractivity contribution is 0.261. The second kappa shape index (κ2) is 6.18. The molecule has 1 aromatic rings. The number of hydrogen-bond donors (Lipinski definition) is 1. The average molecular weight is 233 g/mol. The van der Waals surface area contributed by atoms with Gasteiger partial charge in [-0.2, -0.15) is 0 Å². The van der Waals surface area contributed by atoms with Gasteiger partial charge in [0, 0.05) is 13.2 Å². The molecule has 1 aliphatic rings. The lowest BCUT2D eigenvalue weighted by Crippen LogP contribution is -2.19. The normalized spacial score (nSPS) is 14.3. The van der Waals surface area contributed by atoms with Crippen molar-refractivity contribution in [2.45, 2.75) is 38.6 Å². The van der Waals surface area contributed by atoms with Gasteiger partial charge in [0.25, 0.3) is 0 Å². The molecule has 17 heavy (non-hydrogen) atoms. The maximum atomic E-state index is 8.76. The van der Waals surface area contributed by atoms with Crippen molar-refractivity contribution in [2.75, 3.05) is 20.2 Å². The Morgan fingerprint density at radius 3 is 2.82 bits per heavy atom. The summed E-state index contributed by atoms with van der Waals surface area (Å²) < 4.78 is 0. The third-order valence-electron chi connectivity index (χ3n) is 3.56. The summed E-state index contributed by atoms with van der Waals surface area (Å²) in [7, 11) is 2.16. The zero-order valence-corrected chi connectivity index (χ0v) is 10.8. The molecule has 2 nitrogen and oxygen atoms in total. The molecular weight excluding hydrogens is 210 g/mol. The van der Waals surface area contributed by atoms with Crippen LogP contribution in [0.5, 0.6) is 0 Å². The van der Waals surface area contributed by atoms with E-state index < -0.39 is 0 Å². The van der Waals surface area contributed by atoms with Crippen LogP contribution >= 0.6 is 0 Å². The fourth-order valence-electron chi connectivity index (χ4n) is 2.61. The molecule has 0 heterocycles. The van der Waals surface area contributed by atoms with E-state index in [1.54, 1.807) is 11.1 Å². The first-order valence-electron chi connectivity index (χ1n) is 6.69. The molecule has 0 unspecified atom stereocenters. The van der Waals surface area contributed by atoms with Gasteiger partial charge < -0.3 is 10.0 Å². The Balaban J connectivity index is 1.86. The van der Waals surface area contributed by atoms with E-state index in [1.165, 1.54) is 24.8 Å². The number of aliphatic hydroxyl groups is 1. The number of unbranched alkanes of at least 4 members (excludes halogenated alkanes) is 1. The molecule has 2 rings (SSSR count). The van der Waals surface area contributed by atoms with Crippen LogP contribution in [0.25, 0.3) is 0 Å². The molecule has 0 bridgehead atoms. The minimum Gasteiger partial charge on any atom is -0.396 e. The van der Waals surface area contributed by atoms with Gasteiger partial charge in [-0.3, -0.25) is 0 Å². The third-order valence-corrected chi connectivity index (χ3v) is 3.56. The molecule has 94 valence electrons. The third kappa shape index (κ3) is 3.55. The molecule has 2 heteroatoms. The number of nitrogens with zero attached hydrogens (tertiary/aromatic N) is 1. The predicted octanol–water partition coefficient (Wildman–Crippen LogP) is 2.38. The maximum absolute atomic E-state index is 8.76. The Kier molecular flexibility index (Phi) is 4.57. The highest BCUT2D eigenvalue weighted by atomic mass is 16.2. The van der Waals surface area contributed by atoms with Crippen LogP contribution in [-0.2, 0) is 19.4 Å². The van der Waals surface area contributed by atoms with Gasteiger partial charge in [0.1, 0.15) is 0 Å². The second-order valence-electron chi connectivity index (χ2n) is 5.13. The molecule has 0 saturated heterocycles. The van der Waals surface area contributed by atoms with Crippen LogP contribution in [0.4, 0.5) is 0 Å². The first-order chi connectivity index (χ1) is 8.29. The summed E-state index contributed by atoms with van der Waals surface area (Å²) in [4.78, 5) is 2.34. The Hall–Kier alpha value is -0.860. The fourth-order valence-corrected chi connectivity index (χ4v) is 2.61. The Morgan fingerprint density at radius 1 is 1.18 bits per heavy atom. The minimum absolute atomic E-state index is 0.312. The van der Waals surface area contributed by atoms with Crippen LogP contribution in [0, 0.1) is 0 Å². The van der Waals surface area contributed by atoms with Gasteiger partial charge >= 0.3 is 0 Å². The van der Waals surface area contributed by atoms with Crippen molar-refractivity contribution in [1.82, 2.24) is 4.90 Å². The summed E-state index contributed by atoms with van der Waals surface area (Å²) in [6, 6.07) is 6.96. The maximum Gasteiger partial charge on any atom is 0.0431 e. The van der Waals surface area contributed by atoms with Gasteiger partial charge in [-0.25, -0.2) is 0 Å². The summed E-state index contributed by atoms with van der Waals surface area (Å²) in [5.41, 5.74) is 4.54. The summed E-state index contributed by atoms with van der Waals surface area (Å²) in [5.74, 6) is 0. The Bertz CT molecular complexity index is 362. The summed E-state index contributed by atoms with van der Waals surface area (Å²) in [5, 5.41) is 8.76. The van der Waals surface area contributed by atoms with Crippen molar-refractivity contribution in [1.29, 1.82) is 0 Å². The van der Waals surface area contributed by atoms with Gasteiger partial charge in [-0.1, -0.05) is 18.2 Å². The van der Waals surface area contributed by atoms with Crippen molar-refractivity contribution >= 4 is 0 Å². The van der Waals surface area contributed by atoms with E-state index in [0.29, 0.717) is 6.61 Å². The van der Waals surface area contributed by atoms with Crippen molar-refractivity contribution in [3.05, 3.63) is 34.9 Å². The van der Waals surface area contributed by atoms with Gasteiger partial charge in [-0.15, -0.1) is 0 Å². The molecule has 1 N–H and O–H groups in total. The number of aryl methyl sites for hydroxylation is 2. The lowest BCUT2D eigenvalue weighted by Gasteiger charge is -2.17. The fraction of sp³-hybridized carbons (Fsp3) is 0.600. The zero-order chi connectivity index (χ0) is 12.1. The molecule has 1 aromatic carbocycles. The quantitative estimate of drug-likeness (QED) is 0.763. The second-order valence-corrected chi connectivity index (χ2v) is 5.13. The molecule has 1 aliphatic carbocycles. The standard InChI is InChI=1S/C15H23NO/c1-16(9-2-3-10-17)12-13-7-8-14-5-4-6-15(14)11-13/h7-8,11,17H,2-6,9-10,12H2,1H3. The van der Waals surface area contributed by atoms with Gasteiger partial charge in [-0.05, 0) is 62.4 Å². The predicted molar refractivity (Wildman–Crippen MR) is 71.1 cm³/mol. The molecule has 0 saturated carbocycles. The van der Waals surface area contributed by atoms with Crippen molar-refractivity contribution < 1.29 is 5.11 Å². The van der Waals surface area contributed by atoms with Gasteiger partial charge in [0.15, 0.2) is 0 Å². The van der Waals surface area contributed by atoms with Crippen molar-refractivity contribution in [2.24, 2.45) is 0 Å².